The number of ether oxygens (including phenoxy) is 1. The predicted octanol–water partition coefficient (Wildman–Crippen LogP) is 4.58. The molecule has 9 heteroatoms. The van der Waals surface area contributed by atoms with Gasteiger partial charge < -0.3 is 4.74 Å². The summed E-state index contributed by atoms with van der Waals surface area (Å²) in [6, 6.07) is 0.814. The van der Waals surface area contributed by atoms with E-state index in [9.17, 15) is 22.0 Å². The molecule has 0 saturated heterocycles. The highest BCUT2D eigenvalue weighted by molar-refractivity contribution is 9.10. The topological polar surface area (TPSA) is 22.1 Å². The Morgan fingerprint density at radius 1 is 1.35 bits per heavy atom. The molecular formula is C8H4Br2F5NO. The normalized spacial score (nSPS) is 12.0. The second kappa shape index (κ2) is 5.47. The second-order valence-electron chi connectivity index (χ2n) is 2.81. The van der Waals surface area contributed by atoms with E-state index in [4.69, 9.17) is 0 Å². The van der Waals surface area contributed by atoms with Crippen molar-refractivity contribution in [3.8, 4) is 5.88 Å². The van der Waals surface area contributed by atoms with Gasteiger partial charge >= 0.3 is 6.36 Å². The zero-order chi connectivity index (χ0) is 13.2. The second-order valence-corrected chi connectivity index (χ2v) is 4.12. The van der Waals surface area contributed by atoms with Gasteiger partial charge in [-0.2, -0.15) is 0 Å². The molecule has 0 aliphatic heterocycles. The van der Waals surface area contributed by atoms with E-state index in [1.165, 1.54) is 0 Å². The van der Waals surface area contributed by atoms with Crippen LogP contribution in [0.3, 0.4) is 0 Å². The maximum atomic E-state index is 12.6. The van der Waals surface area contributed by atoms with Crippen LogP contribution in [0.1, 0.15) is 17.6 Å². The van der Waals surface area contributed by atoms with E-state index < -0.39 is 24.2 Å². The third-order valence-corrected chi connectivity index (χ3v) is 2.87. The standard InChI is InChI=1S/C8H4Br2F5NO/c9-2-3-1-4(17-8(13,14)15)16-6(10)5(3)7(11)12/h1,7H,2H2. The van der Waals surface area contributed by atoms with E-state index in [0.29, 0.717) is 0 Å². The Bertz CT molecular complexity index is 410. The molecule has 1 aromatic heterocycles. The lowest BCUT2D eigenvalue weighted by Crippen LogP contribution is -2.18. The minimum Gasteiger partial charge on any atom is -0.388 e. The van der Waals surface area contributed by atoms with E-state index in [1.54, 1.807) is 0 Å². The quantitative estimate of drug-likeness (QED) is 0.432. The number of rotatable bonds is 3. The lowest BCUT2D eigenvalue weighted by Gasteiger charge is -2.12. The smallest absolute Gasteiger partial charge is 0.388 e. The Kier molecular flexibility index (Phi) is 4.70. The fraction of sp³-hybridized carbons (Fsp3) is 0.375. The highest BCUT2D eigenvalue weighted by Gasteiger charge is 2.32. The summed E-state index contributed by atoms with van der Waals surface area (Å²) in [5.74, 6) is -0.789. The Hall–Kier alpha value is -0.440. The van der Waals surface area contributed by atoms with Crippen molar-refractivity contribution in [1.29, 1.82) is 0 Å². The lowest BCUT2D eigenvalue weighted by atomic mass is 10.2. The van der Waals surface area contributed by atoms with Crippen LogP contribution in [0.2, 0.25) is 0 Å². The van der Waals surface area contributed by atoms with Gasteiger partial charge in [-0.25, -0.2) is 13.8 Å². The van der Waals surface area contributed by atoms with Gasteiger partial charge in [0.2, 0.25) is 5.88 Å². The third-order valence-electron chi connectivity index (χ3n) is 1.66. The average Bonchev–Trinajstić information content (AvgIpc) is 2.12. The number of alkyl halides is 6. The minimum absolute atomic E-state index is 0.0267. The van der Waals surface area contributed by atoms with E-state index in [0.717, 1.165) is 6.07 Å². The number of halogens is 7. The van der Waals surface area contributed by atoms with Crippen molar-refractivity contribution in [1.82, 2.24) is 4.98 Å². The van der Waals surface area contributed by atoms with Crippen LogP contribution in [0.15, 0.2) is 10.7 Å². The highest BCUT2D eigenvalue weighted by Crippen LogP contribution is 2.34. The molecule has 17 heavy (non-hydrogen) atoms. The summed E-state index contributed by atoms with van der Waals surface area (Å²) in [6.45, 7) is 0. The van der Waals surface area contributed by atoms with Crippen LogP contribution in [0, 0.1) is 0 Å². The van der Waals surface area contributed by atoms with Gasteiger partial charge in [-0.3, -0.25) is 0 Å². The first-order chi connectivity index (χ1) is 7.74. The number of pyridine rings is 1. The summed E-state index contributed by atoms with van der Waals surface area (Å²) in [5, 5.41) is -0.0397. The fourth-order valence-electron chi connectivity index (χ4n) is 1.06. The molecule has 0 unspecified atom stereocenters. The molecular weight excluding hydrogens is 381 g/mol. The maximum Gasteiger partial charge on any atom is 0.574 e. The molecule has 96 valence electrons. The molecule has 0 atom stereocenters. The lowest BCUT2D eigenvalue weighted by molar-refractivity contribution is -0.276. The summed E-state index contributed by atoms with van der Waals surface area (Å²) < 4.78 is 64.2. The van der Waals surface area contributed by atoms with E-state index in [1.807, 2.05) is 0 Å². The number of nitrogens with zero attached hydrogens (tertiary/aromatic N) is 1. The van der Waals surface area contributed by atoms with Crippen molar-refractivity contribution in [2.24, 2.45) is 0 Å². The highest BCUT2D eigenvalue weighted by atomic mass is 79.9. The van der Waals surface area contributed by atoms with Gasteiger partial charge in [0.15, 0.2) is 0 Å². The van der Waals surface area contributed by atoms with Gasteiger partial charge in [0.1, 0.15) is 4.60 Å². The molecule has 1 aromatic rings. The van der Waals surface area contributed by atoms with Crippen molar-refractivity contribution in [2.45, 2.75) is 18.1 Å². The summed E-state index contributed by atoms with van der Waals surface area (Å²) >= 11 is 5.59. The zero-order valence-electron chi connectivity index (χ0n) is 7.86. The first kappa shape index (κ1) is 14.6. The van der Waals surface area contributed by atoms with E-state index in [-0.39, 0.29) is 15.5 Å². The summed E-state index contributed by atoms with van der Waals surface area (Å²) in [5.41, 5.74) is -0.488. The van der Waals surface area contributed by atoms with Crippen molar-refractivity contribution in [3.63, 3.8) is 0 Å². The van der Waals surface area contributed by atoms with Crippen LogP contribution >= 0.6 is 31.9 Å². The molecule has 0 spiro atoms. The molecule has 0 amide bonds. The number of aromatic nitrogens is 1. The molecule has 2 nitrogen and oxygen atoms in total. The van der Waals surface area contributed by atoms with Crippen LogP contribution in [0.25, 0.3) is 0 Å². The Labute approximate surface area is 109 Å². The van der Waals surface area contributed by atoms with Crippen molar-refractivity contribution >= 4 is 31.9 Å². The van der Waals surface area contributed by atoms with Gasteiger partial charge in [-0.1, -0.05) is 15.9 Å². The molecule has 0 aliphatic carbocycles. The monoisotopic (exact) mass is 383 g/mol. The molecule has 0 saturated carbocycles. The molecule has 1 rings (SSSR count). The molecule has 0 bridgehead atoms. The average molecular weight is 385 g/mol. The van der Waals surface area contributed by atoms with Crippen LogP contribution in [0.5, 0.6) is 5.88 Å². The van der Waals surface area contributed by atoms with Crippen LogP contribution < -0.4 is 4.74 Å². The molecule has 0 fully saturated rings. The Morgan fingerprint density at radius 2 is 1.94 bits per heavy atom. The van der Waals surface area contributed by atoms with Crippen LogP contribution in [0.4, 0.5) is 22.0 Å². The molecule has 1 heterocycles. The SMILES string of the molecule is FC(F)c1c(CBr)cc(OC(F)(F)F)nc1Br. The van der Waals surface area contributed by atoms with E-state index in [2.05, 4.69) is 41.6 Å². The first-order valence-electron chi connectivity index (χ1n) is 4.03. The summed E-state index contributed by atoms with van der Waals surface area (Å²) in [6.07, 6.45) is -7.76. The van der Waals surface area contributed by atoms with Gasteiger partial charge in [-0.05, 0) is 21.5 Å². The predicted molar refractivity (Wildman–Crippen MR) is 56.2 cm³/mol. The molecule has 0 aliphatic rings. The molecule has 0 aromatic carbocycles. The largest absolute Gasteiger partial charge is 0.574 e. The van der Waals surface area contributed by atoms with Gasteiger partial charge in [-0.15, -0.1) is 13.2 Å². The van der Waals surface area contributed by atoms with Crippen LogP contribution in [-0.4, -0.2) is 11.3 Å². The Morgan fingerprint density at radius 3 is 2.35 bits per heavy atom. The number of hydrogen-bond donors (Lipinski definition) is 0. The van der Waals surface area contributed by atoms with Crippen molar-refractivity contribution in [2.75, 3.05) is 0 Å². The van der Waals surface area contributed by atoms with Gasteiger partial charge in [0.05, 0.1) is 5.56 Å². The summed E-state index contributed by atoms with van der Waals surface area (Å²) in [7, 11) is 0. The third kappa shape index (κ3) is 4.06. The molecule has 0 N–H and O–H groups in total. The maximum absolute atomic E-state index is 12.6. The van der Waals surface area contributed by atoms with Crippen molar-refractivity contribution < 1.29 is 26.7 Å². The first-order valence-corrected chi connectivity index (χ1v) is 5.95. The molecule has 0 radical (unpaired) electrons. The fourth-order valence-corrected chi connectivity index (χ4v) is 2.13. The van der Waals surface area contributed by atoms with Crippen LogP contribution in [-0.2, 0) is 5.33 Å². The van der Waals surface area contributed by atoms with Gasteiger partial charge in [0, 0.05) is 11.4 Å². The Balaban J connectivity index is 3.18. The van der Waals surface area contributed by atoms with E-state index >= 15 is 0 Å². The minimum atomic E-state index is -4.91. The van der Waals surface area contributed by atoms with Gasteiger partial charge in [0.25, 0.3) is 6.43 Å². The summed E-state index contributed by atoms with van der Waals surface area (Å²) in [4.78, 5) is 3.26. The number of hydrogen-bond acceptors (Lipinski definition) is 2. The zero-order valence-corrected chi connectivity index (χ0v) is 11.0. The van der Waals surface area contributed by atoms with Crippen molar-refractivity contribution in [3.05, 3.63) is 21.8 Å².